The summed E-state index contributed by atoms with van der Waals surface area (Å²) in [5, 5.41) is 7.10. The van der Waals surface area contributed by atoms with Crippen molar-refractivity contribution < 1.29 is 4.42 Å². The maximum Gasteiger partial charge on any atom is 0.346 e. The van der Waals surface area contributed by atoms with E-state index in [1.54, 1.807) is 0 Å². The number of benzene rings is 1. The smallest absolute Gasteiger partial charge is 0.346 e. The third kappa shape index (κ3) is 3.19. The zero-order chi connectivity index (χ0) is 17.6. The summed E-state index contributed by atoms with van der Waals surface area (Å²) in [6.07, 6.45) is 0. The first-order valence-electron chi connectivity index (χ1n) is 8.51. The predicted octanol–water partition coefficient (Wildman–Crippen LogP) is 3.41. The molecule has 3 aromatic rings. The second kappa shape index (κ2) is 6.28. The number of nitrogens with zero attached hydrogens (tertiary/aromatic N) is 2. The fourth-order valence-electron chi connectivity index (χ4n) is 3.46. The molecule has 2 unspecified atom stereocenters. The minimum absolute atomic E-state index is 0.332. The van der Waals surface area contributed by atoms with E-state index in [1.165, 1.54) is 11.3 Å². The van der Waals surface area contributed by atoms with Gasteiger partial charge in [0.1, 0.15) is 10.6 Å². The quantitative estimate of drug-likeness (QED) is 0.714. The van der Waals surface area contributed by atoms with Crippen LogP contribution in [0.2, 0.25) is 0 Å². The molecule has 1 N–H and O–H groups in total. The van der Waals surface area contributed by atoms with Crippen LogP contribution in [0, 0.1) is 6.92 Å². The lowest BCUT2D eigenvalue weighted by Crippen LogP contribution is -2.54. The van der Waals surface area contributed by atoms with Crippen molar-refractivity contribution in [3.63, 3.8) is 0 Å². The van der Waals surface area contributed by atoms with Crippen LogP contribution in [-0.4, -0.2) is 30.2 Å². The van der Waals surface area contributed by atoms with Crippen LogP contribution in [0.15, 0.2) is 38.9 Å². The summed E-state index contributed by atoms with van der Waals surface area (Å²) >= 11 is 1.47. The number of thiazole rings is 1. The topological polar surface area (TPSA) is 58.4 Å². The molecule has 2 atom stereocenters. The van der Waals surface area contributed by atoms with E-state index in [2.05, 4.69) is 35.1 Å². The third-order valence-corrected chi connectivity index (χ3v) is 5.49. The molecule has 4 rings (SSSR count). The van der Waals surface area contributed by atoms with Gasteiger partial charge in [-0.3, -0.25) is 0 Å². The van der Waals surface area contributed by atoms with E-state index in [9.17, 15) is 4.79 Å². The molecule has 1 fully saturated rings. The van der Waals surface area contributed by atoms with Gasteiger partial charge in [0.2, 0.25) is 0 Å². The molecule has 25 heavy (non-hydrogen) atoms. The molecule has 5 nitrogen and oxygen atoms in total. The highest BCUT2D eigenvalue weighted by Gasteiger charge is 2.21. The van der Waals surface area contributed by atoms with Gasteiger partial charge in [-0.05, 0) is 39.0 Å². The van der Waals surface area contributed by atoms with Gasteiger partial charge in [0.15, 0.2) is 0 Å². The highest BCUT2D eigenvalue weighted by molar-refractivity contribution is 7.13. The Morgan fingerprint density at radius 1 is 1.24 bits per heavy atom. The van der Waals surface area contributed by atoms with Crippen LogP contribution < -0.4 is 15.8 Å². The molecular formula is C19H21N3O2S. The summed E-state index contributed by atoms with van der Waals surface area (Å²) in [5.74, 6) is 0. The van der Waals surface area contributed by atoms with Gasteiger partial charge in [-0.1, -0.05) is 0 Å². The average molecular weight is 355 g/mol. The van der Waals surface area contributed by atoms with E-state index < -0.39 is 0 Å². The van der Waals surface area contributed by atoms with Crippen molar-refractivity contribution in [1.82, 2.24) is 10.3 Å². The van der Waals surface area contributed by atoms with Crippen molar-refractivity contribution in [2.24, 2.45) is 0 Å². The van der Waals surface area contributed by atoms with Gasteiger partial charge in [-0.15, -0.1) is 11.3 Å². The van der Waals surface area contributed by atoms with Crippen LogP contribution >= 0.6 is 11.3 Å². The lowest BCUT2D eigenvalue weighted by molar-refractivity contribution is 0.407. The number of anilines is 1. The van der Waals surface area contributed by atoms with E-state index in [-0.39, 0.29) is 5.63 Å². The minimum Gasteiger partial charge on any atom is -0.422 e. The van der Waals surface area contributed by atoms with Crippen LogP contribution in [0.1, 0.15) is 19.5 Å². The SMILES string of the molecule is Cc1csc(-c2cc3ccc(N4CC(C)NC(C)C4)cc3oc2=O)n1. The van der Waals surface area contributed by atoms with Gasteiger partial charge >= 0.3 is 5.63 Å². The highest BCUT2D eigenvalue weighted by atomic mass is 32.1. The number of hydrogen-bond acceptors (Lipinski definition) is 6. The third-order valence-electron chi connectivity index (χ3n) is 4.49. The zero-order valence-corrected chi connectivity index (χ0v) is 15.4. The normalized spacial score (nSPS) is 21.0. The molecule has 0 bridgehead atoms. The molecule has 0 amide bonds. The molecule has 6 heteroatoms. The molecule has 1 aliphatic heterocycles. The fraction of sp³-hybridized carbons (Fsp3) is 0.368. The first-order chi connectivity index (χ1) is 12.0. The summed E-state index contributed by atoms with van der Waals surface area (Å²) in [7, 11) is 0. The molecule has 3 heterocycles. The lowest BCUT2D eigenvalue weighted by Gasteiger charge is -2.37. The Morgan fingerprint density at radius 2 is 2.00 bits per heavy atom. The monoisotopic (exact) mass is 355 g/mol. The molecule has 0 aliphatic carbocycles. The van der Waals surface area contributed by atoms with Gasteiger partial charge < -0.3 is 14.6 Å². The van der Waals surface area contributed by atoms with E-state index in [4.69, 9.17) is 4.42 Å². The maximum absolute atomic E-state index is 12.4. The number of piperazine rings is 1. The first-order valence-corrected chi connectivity index (χ1v) is 9.39. The van der Waals surface area contributed by atoms with Crippen LogP contribution in [0.5, 0.6) is 0 Å². The minimum atomic E-state index is -0.332. The Kier molecular flexibility index (Phi) is 4.09. The molecule has 0 saturated carbocycles. The number of fused-ring (bicyclic) bond motifs is 1. The molecule has 130 valence electrons. The van der Waals surface area contributed by atoms with Crippen LogP contribution in [0.3, 0.4) is 0 Å². The van der Waals surface area contributed by atoms with Gasteiger partial charge in [0.05, 0.1) is 5.56 Å². The molecule has 1 aliphatic rings. The van der Waals surface area contributed by atoms with Crippen molar-refractivity contribution in [2.75, 3.05) is 18.0 Å². The van der Waals surface area contributed by atoms with Crippen molar-refractivity contribution in [3.8, 4) is 10.6 Å². The van der Waals surface area contributed by atoms with Crippen molar-refractivity contribution in [3.05, 3.63) is 45.8 Å². The molecule has 0 spiro atoms. The molecule has 2 aromatic heterocycles. The molecule has 0 radical (unpaired) electrons. The Balaban J connectivity index is 1.73. The maximum atomic E-state index is 12.4. The Hall–Kier alpha value is -2.18. The van der Waals surface area contributed by atoms with E-state index >= 15 is 0 Å². The zero-order valence-electron chi connectivity index (χ0n) is 14.6. The van der Waals surface area contributed by atoms with Gasteiger partial charge in [-0.2, -0.15) is 0 Å². The summed E-state index contributed by atoms with van der Waals surface area (Å²) in [6.45, 7) is 8.18. The number of aryl methyl sites for hydroxylation is 1. The second-order valence-corrected chi connectivity index (χ2v) is 7.70. The highest BCUT2D eigenvalue weighted by Crippen LogP contribution is 2.27. The number of nitrogens with one attached hydrogen (secondary N) is 1. The second-order valence-electron chi connectivity index (χ2n) is 6.84. The van der Waals surface area contributed by atoms with Gasteiger partial charge in [-0.25, -0.2) is 9.78 Å². The molecule has 1 aromatic carbocycles. The van der Waals surface area contributed by atoms with Crippen LogP contribution in [-0.2, 0) is 0 Å². The van der Waals surface area contributed by atoms with E-state index in [0.29, 0.717) is 28.2 Å². The first kappa shape index (κ1) is 16.3. The number of hydrogen-bond donors (Lipinski definition) is 1. The van der Waals surface area contributed by atoms with Crippen LogP contribution in [0.25, 0.3) is 21.5 Å². The standard InChI is InChI=1S/C19H21N3O2S/c1-11-8-22(9-12(2)20-11)15-5-4-14-6-16(18-21-13(3)10-25-18)19(23)24-17(14)7-15/h4-7,10-12,20H,8-9H2,1-3H3. The Morgan fingerprint density at radius 3 is 2.68 bits per heavy atom. The van der Waals surface area contributed by atoms with Crippen molar-refractivity contribution in [1.29, 1.82) is 0 Å². The molecule has 1 saturated heterocycles. The fourth-order valence-corrected chi connectivity index (χ4v) is 4.26. The predicted molar refractivity (Wildman–Crippen MR) is 103 cm³/mol. The summed E-state index contributed by atoms with van der Waals surface area (Å²) in [5.41, 5.74) is 2.83. The van der Waals surface area contributed by atoms with Gasteiger partial charge in [0.25, 0.3) is 0 Å². The van der Waals surface area contributed by atoms with Gasteiger partial charge in [0, 0.05) is 53.4 Å². The van der Waals surface area contributed by atoms with Crippen LogP contribution in [0.4, 0.5) is 5.69 Å². The summed E-state index contributed by atoms with van der Waals surface area (Å²) < 4.78 is 5.61. The van der Waals surface area contributed by atoms with E-state index in [1.807, 2.05) is 30.5 Å². The molecular weight excluding hydrogens is 334 g/mol. The lowest BCUT2D eigenvalue weighted by atomic mass is 10.1. The number of aromatic nitrogens is 1. The summed E-state index contributed by atoms with van der Waals surface area (Å²) in [6, 6.07) is 8.84. The van der Waals surface area contributed by atoms with Crippen molar-refractivity contribution in [2.45, 2.75) is 32.9 Å². The Bertz CT molecular complexity index is 968. The van der Waals surface area contributed by atoms with Crippen molar-refractivity contribution >= 4 is 28.0 Å². The summed E-state index contributed by atoms with van der Waals surface area (Å²) in [4.78, 5) is 19.1. The average Bonchev–Trinajstić information content (AvgIpc) is 2.99. The largest absolute Gasteiger partial charge is 0.422 e. The van der Waals surface area contributed by atoms with E-state index in [0.717, 1.165) is 29.9 Å². The Labute approximate surface area is 150 Å². The number of rotatable bonds is 2.